The molecule has 2 aromatic rings. The molecule has 21 heavy (non-hydrogen) atoms. The lowest BCUT2D eigenvalue weighted by molar-refractivity contribution is 0.491. The Morgan fingerprint density at radius 3 is 2.29 bits per heavy atom. The molecule has 0 spiro atoms. The van der Waals surface area contributed by atoms with Gasteiger partial charge in [-0.05, 0) is 25.1 Å². The molecule has 0 radical (unpaired) electrons. The van der Waals surface area contributed by atoms with Crippen molar-refractivity contribution < 1.29 is 13.2 Å². The average molecular weight is 358 g/mol. The van der Waals surface area contributed by atoms with Crippen molar-refractivity contribution in [2.75, 3.05) is 6.54 Å². The Morgan fingerprint density at radius 2 is 1.71 bits per heavy atom. The molecule has 0 amide bonds. The third-order valence-electron chi connectivity index (χ3n) is 3.20. The second kappa shape index (κ2) is 6.62. The average Bonchev–Trinajstić information content (AvgIpc) is 2.39. The summed E-state index contributed by atoms with van der Waals surface area (Å²) < 4.78 is 42.0. The summed E-state index contributed by atoms with van der Waals surface area (Å²) in [4.78, 5) is 0. The highest BCUT2D eigenvalue weighted by Crippen LogP contribution is 2.32. The van der Waals surface area contributed by atoms with E-state index in [-0.39, 0.29) is 5.56 Å². The fourth-order valence-electron chi connectivity index (χ4n) is 2.29. The van der Waals surface area contributed by atoms with Crippen molar-refractivity contribution in [1.29, 1.82) is 0 Å². The van der Waals surface area contributed by atoms with Crippen molar-refractivity contribution in [3.8, 4) is 0 Å². The number of benzene rings is 2. The SMILES string of the molecule is CCNC(c1cc(C)ccc1Br)c1c(F)cc(F)cc1F. The number of aryl methyl sites for hydroxylation is 1. The van der Waals surface area contributed by atoms with Gasteiger partial charge >= 0.3 is 0 Å². The van der Waals surface area contributed by atoms with Gasteiger partial charge < -0.3 is 5.32 Å². The van der Waals surface area contributed by atoms with Crippen LogP contribution in [0, 0.1) is 24.4 Å². The first-order valence-electron chi connectivity index (χ1n) is 6.58. The van der Waals surface area contributed by atoms with E-state index in [9.17, 15) is 13.2 Å². The first-order chi connectivity index (χ1) is 9.93. The molecule has 0 aromatic heterocycles. The van der Waals surface area contributed by atoms with Crippen molar-refractivity contribution in [2.24, 2.45) is 0 Å². The van der Waals surface area contributed by atoms with E-state index in [4.69, 9.17) is 0 Å². The summed E-state index contributed by atoms with van der Waals surface area (Å²) in [5.41, 5.74) is 1.50. The number of hydrogen-bond acceptors (Lipinski definition) is 1. The maximum absolute atomic E-state index is 14.1. The van der Waals surface area contributed by atoms with Crippen LogP contribution in [0.3, 0.4) is 0 Å². The number of halogens is 4. The lowest BCUT2D eigenvalue weighted by Gasteiger charge is -2.22. The Bertz CT molecular complexity index is 635. The van der Waals surface area contributed by atoms with Gasteiger partial charge in [-0.25, -0.2) is 13.2 Å². The van der Waals surface area contributed by atoms with Crippen LogP contribution in [0.25, 0.3) is 0 Å². The van der Waals surface area contributed by atoms with Gasteiger partial charge in [0.15, 0.2) is 0 Å². The molecule has 1 atom stereocenters. The monoisotopic (exact) mass is 357 g/mol. The highest BCUT2D eigenvalue weighted by atomic mass is 79.9. The largest absolute Gasteiger partial charge is 0.306 e. The summed E-state index contributed by atoms with van der Waals surface area (Å²) in [5.74, 6) is -2.72. The molecule has 0 bridgehead atoms. The van der Waals surface area contributed by atoms with E-state index < -0.39 is 23.5 Å². The summed E-state index contributed by atoms with van der Waals surface area (Å²) >= 11 is 3.40. The minimum Gasteiger partial charge on any atom is -0.306 e. The van der Waals surface area contributed by atoms with Crippen LogP contribution in [-0.4, -0.2) is 6.54 Å². The summed E-state index contributed by atoms with van der Waals surface area (Å²) in [7, 11) is 0. The van der Waals surface area contributed by atoms with Crippen molar-refractivity contribution in [3.63, 3.8) is 0 Å². The van der Waals surface area contributed by atoms with Crippen LogP contribution in [0.2, 0.25) is 0 Å². The fraction of sp³-hybridized carbons (Fsp3) is 0.250. The quantitative estimate of drug-likeness (QED) is 0.822. The molecule has 2 aromatic carbocycles. The van der Waals surface area contributed by atoms with E-state index >= 15 is 0 Å². The highest BCUT2D eigenvalue weighted by Gasteiger charge is 2.24. The third kappa shape index (κ3) is 3.47. The van der Waals surface area contributed by atoms with Crippen molar-refractivity contribution in [2.45, 2.75) is 19.9 Å². The molecule has 0 saturated carbocycles. The number of hydrogen-bond donors (Lipinski definition) is 1. The first-order valence-corrected chi connectivity index (χ1v) is 7.37. The summed E-state index contributed by atoms with van der Waals surface area (Å²) in [6.45, 7) is 4.26. The maximum Gasteiger partial charge on any atom is 0.134 e. The van der Waals surface area contributed by atoms with Gasteiger partial charge in [-0.2, -0.15) is 0 Å². The van der Waals surface area contributed by atoms with Gasteiger partial charge in [-0.1, -0.05) is 40.5 Å². The molecule has 0 aliphatic heterocycles. The van der Waals surface area contributed by atoms with E-state index in [1.54, 1.807) is 0 Å². The molecule has 0 aliphatic rings. The number of rotatable bonds is 4. The van der Waals surface area contributed by atoms with E-state index in [1.807, 2.05) is 32.0 Å². The lowest BCUT2D eigenvalue weighted by atomic mass is 9.96. The molecular formula is C16H15BrF3N. The Balaban J connectivity index is 2.61. The van der Waals surface area contributed by atoms with Gasteiger partial charge in [-0.15, -0.1) is 0 Å². The zero-order chi connectivity index (χ0) is 15.6. The minimum atomic E-state index is -0.924. The molecule has 0 aliphatic carbocycles. The van der Waals surface area contributed by atoms with Crippen LogP contribution in [0.15, 0.2) is 34.8 Å². The topological polar surface area (TPSA) is 12.0 Å². The predicted octanol–water partition coefficient (Wildman–Crippen LogP) is 4.87. The van der Waals surface area contributed by atoms with Gasteiger partial charge in [-0.3, -0.25) is 0 Å². The van der Waals surface area contributed by atoms with E-state index in [0.717, 1.165) is 10.0 Å². The number of nitrogens with one attached hydrogen (secondary N) is 1. The van der Waals surface area contributed by atoms with Gasteiger partial charge in [0, 0.05) is 22.2 Å². The van der Waals surface area contributed by atoms with Gasteiger partial charge in [0.05, 0.1) is 6.04 Å². The molecule has 0 fully saturated rings. The van der Waals surface area contributed by atoms with Crippen LogP contribution < -0.4 is 5.32 Å². The second-order valence-electron chi connectivity index (χ2n) is 4.80. The summed E-state index contributed by atoms with van der Waals surface area (Å²) in [5, 5.41) is 3.05. The van der Waals surface area contributed by atoms with E-state index in [0.29, 0.717) is 24.2 Å². The standard InChI is InChI=1S/C16H15BrF3N/c1-3-21-16(11-6-9(2)4-5-12(11)17)15-13(19)7-10(18)8-14(15)20/h4-8,16,21H,3H2,1-2H3. The minimum absolute atomic E-state index is 0.176. The smallest absolute Gasteiger partial charge is 0.134 e. The molecule has 0 saturated heterocycles. The van der Waals surface area contributed by atoms with Gasteiger partial charge in [0.25, 0.3) is 0 Å². The molecule has 1 nitrogen and oxygen atoms in total. The van der Waals surface area contributed by atoms with Crippen LogP contribution >= 0.6 is 15.9 Å². The van der Waals surface area contributed by atoms with Crippen LogP contribution in [0.4, 0.5) is 13.2 Å². The van der Waals surface area contributed by atoms with Gasteiger partial charge in [0.1, 0.15) is 17.5 Å². The van der Waals surface area contributed by atoms with Crippen LogP contribution in [-0.2, 0) is 0 Å². The zero-order valence-electron chi connectivity index (χ0n) is 11.7. The maximum atomic E-state index is 14.1. The molecule has 0 heterocycles. The van der Waals surface area contributed by atoms with E-state index in [1.165, 1.54) is 0 Å². The normalized spacial score (nSPS) is 12.5. The molecule has 1 N–H and O–H groups in total. The zero-order valence-corrected chi connectivity index (χ0v) is 13.3. The van der Waals surface area contributed by atoms with Crippen LogP contribution in [0.5, 0.6) is 0 Å². The second-order valence-corrected chi connectivity index (χ2v) is 5.65. The van der Waals surface area contributed by atoms with Crippen LogP contribution in [0.1, 0.15) is 29.7 Å². The Morgan fingerprint density at radius 1 is 1.10 bits per heavy atom. The molecular weight excluding hydrogens is 343 g/mol. The lowest BCUT2D eigenvalue weighted by Crippen LogP contribution is -2.24. The van der Waals surface area contributed by atoms with Crippen molar-refractivity contribution >= 4 is 15.9 Å². The Hall–Kier alpha value is -1.33. The van der Waals surface area contributed by atoms with E-state index in [2.05, 4.69) is 21.2 Å². The third-order valence-corrected chi connectivity index (χ3v) is 3.93. The fourth-order valence-corrected chi connectivity index (χ4v) is 2.76. The first kappa shape index (κ1) is 16.0. The van der Waals surface area contributed by atoms with Crippen molar-refractivity contribution in [1.82, 2.24) is 5.32 Å². The summed E-state index contributed by atoms with van der Waals surface area (Å²) in [6, 6.07) is 6.28. The molecule has 1 unspecified atom stereocenters. The molecule has 112 valence electrons. The molecule has 2 rings (SSSR count). The summed E-state index contributed by atoms with van der Waals surface area (Å²) in [6.07, 6.45) is 0. The van der Waals surface area contributed by atoms with Crippen molar-refractivity contribution in [3.05, 3.63) is 68.9 Å². The highest BCUT2D eigenvalue weighted by molar-refractivity contribution is 9.10. The Labute approximate surface area is 130 Å². The Kier molecular flexibility index (Phi) is 5.06. The predicted molar refractivity (Wildman–Crippen MR) is 80.7 cm³/mol. The van der Waals surface area contributed by atoms with Gasteiger partial charge in [0.2, 0.25) is 0 Å². The molecule has 5 heteroatoms.